The molecule has 2 aliphatic carbocycles. The van der Waals surface area contributed by atoms with Gasteiger partial charge in [-0.25, -0.2) is 9.97 Å². The van der Waals surface area contributed by atoms with Crippen LogP contribution in [0.1, 0.15) is 43.5 Å². The Morgan fingerprint density at radius 3 is 1.89 bits per heavy atom. The van der Waals surface area contributed by atoms with Crippen molar-refractivity contribution in [3.05, 3.63) is 199 Å². The molecule has 0 N–H and O–H groups in total. The Balaban J connectivity index is 0.990. The number of nitrogens with zero attached hydrogens (tertiary/aromatic N) is 2. The Hall–Kier alpha value is -6.64. The van der Waals surface area contributed by atoms with Crippen LogP contribution >= 0.6 is 0 Å². The van der Waals surface area contributed by atoms with Crippen LogP contribution in [0.4, 0.5) is 0 Å². The maximum atomic E-state index is 5.08. The molecule has 55 heavy (non-hydrogen) atoms. The van der Waals surface area contributed by atoms with E-state index in [2.05, 4.69) is 190 Å². The predicted octanol–water partition coefficient (Wildman–Crippen LogP) is 14.0. The summed E-state index contributed by atoms with van der Waals surface area (Å²) in [7, 11) is 0. The van der Waals surface area contributed by atoms with Crippen molar-refractivity contribution in [2.24, 2.45) is 0 Å². The highest BCUT2D eigenvalue weighted by Crippen LogP contribution is 2.49. The second kappa shape index (κ2) is 13.3. The minimum Gasteiger partial charge on any atom is -0.228 e. The molecule has 7 aromatic carbocycles. The predicted molar refractivity (Wildman–Crippen MR) is 231 cm³/mol. The lowest BCUT2D eigenvalue weighted by atomic mass is 9.81. The molecule has 0 saturated heterocycles. The first-order valence-electron chi connectivity index (χ1n) is 19.3. The number of hydrogen-bond donors (Lipinski definition) is 0. The SMILES string of the molecule is CC1(C)c2ccccc2-c2ccc(-c3cccc(-c4ccc5cccc(-c6ccc(-c7nc(C8=CCCC=C8)cc(-c8ccccc8)n7)cc6)c5c4)c3)cc21. The van der Waals surface area contributed by atoms with Crippen molar-refractivity contribution in [2.45, 2.75) is 32.1 Å². The molecule has 1 aromatic heterocycles. The molecule has 0 fully saturated rings. The first kappa shape index (κ1) is 33.0. The molecule has 0 atom stereocenters. The van der Waals surface area contributed by atoms with Crippen LogP contribution in [0.15, 0.2) is 182 Å². The largest absolute Gasteiger partial charge is 0.228 e. The van der Waals surface area contributed by atoms with Crippen LogP contribution in [0, 0.1) is 0 Å². The first-order valence-corrected chi connectivity index (χ1v) is 19.3. The molecule has 0 aliphatic heterocycles. The molecule has 262 valence electrons. The topological polar surface area (TPSA) is 25.8 Å². The van der Waals surface area contributed by atoms with Crippen LogP contribution in [-0.4, -0.2) is 9.97 Å². The molecule has 0 saturated carbocycles. The summed E-state index contributed by atoms with van der Waals surface area (Å²) in [6.07, 6.45) is 8.79. The Labute approximate surface area is 323 Å². The Kier molecular flexibility index (Phi) is 7.99. The third-order valence-corrected chi connectivity index (χ3v) is 11.5. The standard InChI is InChI=1S/C53H40N2/c1-53(2)48-22-10-9-20-45(48)46-30-29-43(33-49(46)53)41-19-11-18-40(31-41)42-28-25-35-17-12-21-44(47(35)32-42)36-23-26-39(27-24-36)52-54-50(37-13-5-3-6-14-37)34-51(55-52)38-15-7-4-8-16-38/h3,5-7,9-34H,4,8H2,1-2H3. The molecule has 0 radical (unpaired) electrons. The zero-order valence-corrected chi connectivity index (χ0v) is 31.1. The average molecular weight is 705 g/mol. The summed E-state index contributed by atoms with van der Waals surface area (Å²) in [6.45, 7) is 4.69. The van der Waals surface area contributed by atoms with Crippen molar-refractivity contribution in [2.75, 3.05) is 0 Å². The van der Waals surface area contributed by atoms with E-state index in [4.69, 9.17) is 9.97 Å². The highest BCUT2D eigenvalue weighted by molar-refractivity contribution is 5.99. The third kappa shape index (κ3) is 5.91. The average Bonchev–Trinajstić information content (AvgIpc) is 3.49. The zero-order chi connectivity index (χ0) is 36.9. The van der Waals surface area contributed by atoms with E-state index in [1.54, 1.807) is 0 Å². The summed E-state index contributed by atoms with van der Waals surface area (Å²) in [5.74, 6) is 0.735. The minimum absolute atomic E-state index is 0.0288. The molecule has 1 heterocycles. The van der Waals surface area contributed by atoms with Crippen molar-refractivity contribution >= 4 is 16.3 Å². The summed E-state index contributed by atoms with van der Waals surface area (Å²) in [5.41, 5.74) is 17.9. The van der Waals surface area contributed by atoms with E-state index in [1.165, 1.54) is 66.4 Å². The van der Waals surface area contributed by atoms with E-state index in [0.29, 0.717) is 0 Å². The van der Waals surface area contributed by atoms with Gasteiger partial charge in [0.1, 0.15) is 0 Å². The Morgan fingerprint density at radius 1 is 0.436 bits per heavy atom. The van der Waals surface area contributed by atoms with Gasteiger partial charge in [0.25, 0.3) is 0 Å². The van der Waals surface area contributed by atoms with Gasteiger partial charge in [-0.3, -0.25) is 0 Å². The van der Waals surface area contributed by atoms with E-state index in [1.807, 2.05) is 6.07 Å². The van der Waals surface area contributed by atoms with E-state index < -0.39 is 0 Å². The van der Waals surface area contributed by atoms with Crippen molar-refractivity contribution in [3.63, 3.8) is 0 Å². The number of hydrogen-bond acceptors (Lipinski definition) is 2. The number of fused-ring (bicyclic) bond motifs is 4. The van der Waals surface area contributed by atoms with Crippen LogP contribution in [0.2, 0.25) is 0 Å². The molecule has 2 heteroatoms. The summed E-state index contributed by atoms with van der Waals surface area (Å²) >= 11 is 0. The van der Waals surface area contributed by atoms with Gasteiger partial charge < -0.3 is 0 Å². The maximum absolute atomic E-state index is 5.08. The van der Waals surface area contributed by atoms with Crippen molar-refractivity contribution in [1.82, 2.24) is 9.97 Å². The fourth-order valence-corrected chi connectivity index (χ4v) is 8.55. The summed E-state index contributed by atoms with van der Waals surface area (Å²) in [6, 6.07) is 59.5. The first-order chi connectivity index (χ1) is 27.0. The monoisotopic (exact) mass is 704 g/mol. The number of allylic oxidation sites excluding steroid dienone is 4. The summed E-state index contributed by atoms with van der Waals surface area (Å²) < 4.78 is 0. The lowest BCUT2D eigenvalue weighted by Gasteiger charge is -2.22. The number of aromatic nitrogens is 2. The molecule has 2 nitrogen and oxygen atoms in total. The Bertz CT molecular complexity index is 2820. The maximum Gasteiger partial charge on any atom is 0.160 e. The molecule has 8 aromatic rings. The van der Waals surface area contributed by atoms with Gasteiger partial charge in [-0.05, 0) is 109 Å². The van der Waals surface area contributed by atoms with Crippen molar-refractivity contribution in [1.29, 1.82) is 0 Å². The van der Waals surface area contributed by atoms with Gasteiger partial charge >= 0.3 is 0 Å². The van der Waals surface area contributed by atoms with Gasteiger partial charge in [0.15, 0.2) is 5.82 Å². The van der Waals surface area contributed by atoms with Gasteiger partial charge in [-0.2, -0.15) is 0 Å². The molecule has 10 rings (SSSR count). The van der Waals surface area contributed by atoms with E-state index in [9.17, 15) is 0 Å². The third-order valence-electron chi connectivity index (χ3n) is 11.5. The Morgan fingerprint density at radius 2 is 1.07 bits per heavy atom. The molecule has 0 bridgehead atoms. The number of rotatable bonds is 6. The molecular weight excluding hydrogens is 665 g/mol. The van der Waals surface area contributed by atoms with Gasteiger partial charge in [0.05, 0.1) is 11.4 Å². The fourth-order valence-electron chi connectivity index (χ4n) is 8.55. The van der Waals surface area contributed by atoms with Gasteiger partial charge in [-0.1, -0.05) is 172 Å². The second-order valence-electron chi connectivity index (χ2n) is 15.3. The smallest absolute Gasteiger partial charge is 0.160 e. The summed E-state index contributed by atoms with van der Waals surface area (Å²) in [4.78, 5) is 10.1. The quantitative estimate of drug-likeness (QED) is 0.172. The molecule has 2 aliphatic rings. The van der Waals surface area contributed by atoms with Gasteiger partial charge in [0, 0.05) is 16.5 Å². The van der Waals surface area contributed by atoms with Crippen LogP contribution in [0.5, 0.6) is 0 Å². The highest BCUT2D eigenvalue weighted by atomic mass is 14.9. The molecule has 0 unspecified atom stereocenters. The van der Waals surface area contributed by atoms with Crippen LogP contribution in [0.3, 0.4) is 0 Å². The van der Waals surface area contributed by atoms with Crippen LogP contribution in [-0.2, 0) is 5.41 Å². The minimum atomic E-state index is -0.0288. The van der Waals surface area contributed by atoms with E-state index >= 15 is 0 Å². The molecular formula is C53H40N2. The zero-order valence-electron chi connectivity index (χ0n) is 31.1. The summed E-state index contributed by atoms with van der Waals surface area (Å²) in [5, 5.41) is 2.45. The lowest BCUT2D eigenvalue weighted by Crippen LogP contribution is -2.14. The van der Waals surface area contributed by atoms with E-state index in [0.717, 1.165) is 46.8 Å². The van der Waals surface area contributed by atoms with Crippen LogP contribution in [0.25, 0.3) is 83.5 Å². The molecule has 0 amide bonds. The van der Waals surface area contributed by atoms with Crippen LogP contribution < -0.4 is 0 Å². The molecule has 0 spiro atoms. The van der Waals surface area contributed by atoms with Gasteiger partial charge in [0.2, 0.25) is 0 Å². The van der Waals surface area contributed by atoms with Crippen molar-refractivity contribution in [3.8, 4) is 67.2 Å². The highest BCUT2D eigenvalue weighted by Gasteiger charge is 2.35. The second-order valence-corrected chi connectivity index (χ2v) is 15.3. The van der Waals surface area contributed by atoms with Crippen molar-refractivity contribution < 1.29 is 0 Å². The van der Waals surface area contributed by atoms with E-state index in [-0.39, 0.29) is 5.41 Å². The normalized spacial score (nSPS) is 14.0. The van der Waals surface area contributed by atoms with Gasteiger partial charge in [-0.15, -0.1) is 0 Å². The lowest BCUT2D eigenvalue weighted by molar-refractivity contribution is 0.660. The number of benzene rings is 7. The fraction of sp³-hybridized carbons (Fsp3) is 0.0943.